The molecule has 23 heavy (non-hydrogen) atoms. The number of rotatable bonds is 11. The molecule has 0 aromatic carbocycles. The van der Waals surface area contributed by atoms with Crippen LogP contribution in [-0.2, 0) is 14.2 Å². The summed E-state index contributed by atoms with van der Waals surface area (Å²) in [5.41, 5.74) is 0. The van der Waals surface area contributed by atoms with E-state index in [0.717, 1.165) is 0 Å². The molecule has 11 heteroatoms. The zero-order valence-electron chi connectivity index (χ0n) is 12.2. The summed E-state index contributed by atoms with van der Waals surface area (Å²) in [6.07, 6.45) is -20.4. The van der Waals surface area contributed by atoms with Crippen molar-refractivity contribution < 1.29 is 49.3 Å². The zero-order valence-corrected chi connectivity index (χ0v) is 12.2. The van der Waals surface area contributed by atoms with Gasteiger partial charge in [-0.3, -0.25) is 0 Å². The largest absolute Gasteiger partial charge is 0.409 e. The summed E-state index contributed by atoms with van der Waals surface area (Å²) in [6.45, 7) is 2.20. The zero-order chi connectivity index (χ0) is 18.5. The first kappa shape index (κ1) is 22.1. The van der Waals surface area contributed by atoms with E-state index in [0.29, 0.717) is 6.92 Å². The maximum atomic E-state index is 13.4. The first-order valence-corrected chi connectivity index (χ1v) is 6.33. The highest BCUT2D eigenvalue weighted by Crippen LogP contribution is 2.33. The Hall–Kier alpha value is -0.940. The van der Waals surface area contributed by atoms with Crippen LogP contribution in [0.25, 0.3) is 0 Å². The molecule has 0 aliphatic carbocycles. The van der Waals surface area contributed by atoms with Gasteiger partial charge in [-0.2, -0.15) is 26.3 Å². The summed E-state index contributed by atoms with van der Waals surface area (Å²) in [7, 11) is 0. The molecule has 0 saturated heterocycles. The summed E-state index contributed by atoms with van der Waals surface area (Å²) in [5.74, 6) is -2.31. The van der Waals surface area contributed by atoms with Crippen LogP contribution in [0.1, 0.15) is 20.3 Å². The van der Waals surface area contributed by atoms with E-state index in [1.54, 1.807) is 0 Å². The number of alkyl halides is 7. The van der Waals surface area contributed by atoms with E-state index in [-0.39, 0.29) is 0 Å². The lowest BCUT2D eigenvalue weighted by atomic mass is 10.2. The van der Waals surface area contributed by atoms with Crippen molar-refractivity contribution in [2.75, 3.05) is 13.2 Å². The van der Waals surface area contributed by atoms with E-state index in [1.807, 2.05) is 0 Å². The van der Waals surface area contributed by atoms with Gasteiger partial charge in [0.1, 0.15) is 6.10 Å². The van der Waals surface area contributed by atoms with Crippen molar-refractivity contribution in [3.63, 3.8) is 0 Å². The van der Waals surface area contributed by atoms with Crippen LogP contribution in [0, 0.1) is 0 Å². The van der Waals surface area contributed by atoms with Gasteiger partial charge in [-0.25, -0.2) is 8.78 Å². The van der Waals surface area contributed by atoms with E-state index in [9.17, 15) is 35.1 Å². The Morgan fingerprint density at radius 3 is 2.04 bits per heavy atom. The second-order valence-corrected chi connectivity index (χ2v) is 4.38. The molecule has 0 rings (SSSR count). The molecule has 2 unspecified atom stereocenters. The van der Waals surface area contributed by atoms with Gasteiger partial charge in [-0.15, -0.1) is 0 Å². The van der Waals surface area contributed by atoms with E-state index in [4.69, 9.17) is 0 Å². The van der Waals surface area contributed by atoms with Crippen LogP contribution >= 0.6 is 0 Å². The van der Waals surface area contributed by atoms with E-state index >= 15 is 0 Å². The Morgan fingerprint density at radius 1 is 1.09 bits per heavy atom. The van der Waals surface area contributed by atoms with Crippen LogP contribution in [0.3, 0.4) is 0 Å². The number of halogens is 8. The average Bonchev–Trinajstić information content (AvgIpc) is 2.36. The normalized spacial score (nSPS) is 16.3. The van der Waals surface area contributed by atoms with Gasteiger partial charge in [-0.05, 0) is 13.8 Å². The highest BCUT2D eigenvalue weighted by atomic mass is 19.3. The Morgan fingerprint density at radius 2 is 1.61 bits per heavy atom. The predicted octanol–water partition coefficient (Wildman–Crippen LogP) is 4.43. The smallest absolute Gasteiger partial charge is 0.321 e. The third-order valence-electron chi connectivity index (χ3n) is 2.43. The van der Waals surface area contributed by atoms with Crippen molar-refractivity contribution in [2.24, 2.45) is 0 Å². The molecule has 0 fully saturated rings. The molecule has 0 saturated carbocycles. The molecule has 0 heterocycles. The highest BCUT2D eigenvalue weighted by Gasteiger charge is 2.49. The monoisotopic (exact) mass is 360 g/mol. The minimum Gasteiger partial charge on any atom is -0.321 e. The van der Waals surface area contributed by atoms with Gasteiger partial charge in [0.2, 0.25) is 6.17 Å². The van der Waals surface area contributed by atoms with Gasteiger partial charge in [0.15, 0.2) is 5.83 Å². The highest BCUT2D eigenvalue weighted by molar-refractivity contribution is 4.92. The molecule has 2 atom stereocenters. The van der Waals surface area contributed by atoms with E-state index < -0.39 is 56.1 Å². The van der Waals surface area contributed by atoms with Crippen molar-refractivity contribution in [3.05, 3.63) is 12.4 Å². The van der Waals surface area contributed by atoms with Gasteiger partial charge in [-0.1, -0.05) is 6.58 Å². The summed E-state index contributed by atoms with van der Waals surface area (Å²) in [6, 6.07) is 0. The maximum absolute atomic E-state index is 13.4. The van der Waals surface area contributed by atoms with Gasteiger partial charge in [0, 0.05) is 0 Å². The SMILES string of the molecule is C=C(F)C(F)(F)OC(C)C(F)C(F)(F)OCCC(F)(F)OCC. The lowest BCUT2D eigenvalue weighted by Crippen LogP contribution is -2.44. The van der Waals surface area contributed by atoms with Gasteiger partial charge >= 0.3 is 18.3 Å². The number of ether oxygens (including phenoxy) is 3. The fourth-order valence-electron chi connectivity index (χ4n) is 1.30. The lowest BCUT2D eigenvalue weighted by molar-refractivity contribution is -0.325. The fraction of sp³-hybridized carbons (Fsp3) is 0.833. The molecule has 0 amide bonds. The Balaban J connectivity index is 4.59. The number of hydrogen-bond acceptors (Lipinski definition) is 3. The van der Waals surface area contributed by atoms with Gasteiger partial charge < -0.3 is 14.2 Å². The Kier molecular flexibility index (Phi) is 7.91. The third-order valence-corrected chi connectivity index (χ3v) is 2.43. The van der Waals surface area contributed by atoms with Crippen molar-refractivity contribution in [1.82, 2.24) is 0 Å². The molecule has 0 bridgehead atoms. The predicted molar refractivity (Wildman–Crippen MR) is 62.7 cm³/mol. The lowest BCUT2D eigenvalue weighted by Gasteiger charge is -2.28. The first-order chi connectivity index (χ1) is 10.2. The molecule has 138 valence electrons. The Bertz CT molecular complexity index is 389. The van der Waals surface area contributed by atoms with E-state index in [2.05, 4.69) is 20.8 Å². The molecule has 0 aliphatic heterocycles. The van der Waals surface area contributed by atoms with Crippen molar-refractivity contribution in [2.45, 2.75) is 50.9 Å². The third kappa shape index (κ3) is 7.44. The molecular weight excluding hydrogens is 344 g/mol. The molecule has 3 nitrogen and oxygen atoms in total. The van der Waals surface area contributed by atoms with Crippen LogP contribution in [0.2, 0.25) is 0 Å². The van der Waals surface area contributed by atoms with Gasteiger partial charge in [0.05, 0.1) is 19.6 Å². The maximum Gasteiger partial charge on any atom is 0.409 e. The molecule has 0 radical (unpaired) electrons. The second kappa shape index (κ2) is 8.25. The molecule has 0 spiro atoms. The minimum atomic E-state index is -4.71. The van der Waals surface area contributed by atoms with Crippen molar-refractivity contribution in [3.8, 4) is 0 Å². The average molecular weight is 360 g/mol. The van der Waals surface area contributed by atoms with E-state index in [1.165, 1.54) is 6.92 Å². The summed E-state index contributed by atoms with van der Waals surface area (Å²) >= 11 is 0. The van der Waals surface area contributed by atoms with Crippen molar-refractivity contribution in [1.29, 1.82) is 0 Å². The quantitative estimate of drug-likeness (QED) is 0.510. The van der Waals surface area contributed by atoms with Crippen LogP contribution < -0.4 is 0 Å². The summed E-state index contributed by atoms with van der Waals surface area (Å²) in [5, 5.41) is 0. The standard InChI is InChI=1S/C12H16F8O3/c1-4-21-10(15,16)5-6-22-12(19,20)9(14)7(2)23-11(17,18)8(3)13/h7,9H,3-6H2,1-2H3. The van der Waals surface area contributed by atoms with Crippen molar-refractivity contribution >= 4 is 0 Å². The molecule has 0 aliphatic rings. The topological polar surface area (TPSA) is 27.7 Å². The molecule has 0 N–H and O–H groups in total. The summed E-state index contributed by atoms with van der Waals surface area (Å²) < 4.78 is 115. The van der Waals surface area contributed by atoms with Crippen LogP contribution in [0.15, 0.2) is 12.4 Å². The minimum absolute atomic E-state index is 0.401. The molecular formula is C12H16F8O3. The number of hydrogen-bond donors (Lipinski definition) is 0. The second-order valence-electron chi connectivity index (χ2n) is 4.38. The summed E-state index contributed by atoms with van der Waals surface area (Å²) in [4.78, 5) is 0. The van der Waals surface area contributed by atoms with Crippen LogP contribution in [0.4, 0.5) is 35.1 Å². The Labute approximate surface area is 127 Å². The van der Waals surface area contributed by atoms with Crippen LogP contribution in [-0.4, -0.2) is 43.8 Å². The first-order valence-electron chi connectivity index (χ1n) is 6.33. The van der Waals surface area contributed by atoms with Gasteiger partial charge in [0.25, 0.3) is 0 Å². The molecule has 0 aromatic rings. The molecule has 0 aromatic heterocycles. The fourth-order valence-corrected chi connectivity index (χ4v) is 1.30. The van der Waals surface area contributed by atoms with Crippen LogP contribution in [0.5, 0.6) is 0 Å².